The van der Waals surface area contributed by atoms with Crippen LogP contribution >= 0.6 is 11.3 Å². The van der Waals surface area contributed by atoms with Gasteiger partial charge in [0.05, 0.1) is 4.90 Å². The summed E-state index contributed by atoms with van der Waals surface area (Å²) in [6.45, 7) is 1.21. The molecule has 0 aromatic carbocycles. The Morgan fingerprint density at radius 2 is 2.20 bits per heavy atom. The van der Waals surface area contributed by atoms with Crippen molar-refractivity contribution in [2.45, 2.75) is 37.1 Å². The Kier molecular flexibility index (Phi) is 4.17. The third kappa shape index (κ3) is 2.79. The largest absolute Gasteiger partial charge is 0.315 e. The van der Waals surface area contributed by atoms with Gasteiger partial charge in [0.25, 0.3) is 0 Å². The van der Waals surface area contributed by atoms with Gasteiger partial charge in [-0.1, -0.05) is 6.42 Å². The van der Waals surface area contributed by atoms with Crippen LogP contribution in [0.3, 0.4) is 0 Å². The third-order valence-corrected chi connectivity index (χ3v) is 7.31. The Morgan fingerprint density at radius 1 is 1.35 bits per heavy atom. The minimum atomic E-state index is -3.35. The zero-order chi connectivity index (χ0) is 14.2. The molecule has 0 saturated heterocycles. The molecule has 0 aliphatic heterocycles. The molecule has 20 heavy (non-hydrogen) atoms. The normalized spacial score (nSPS) is 29.1. The van der Waals surface area contributed by atoms with Gasteiger partial charge in [0.1, 0.15) is 0 Å². The fourth-order valence-electron chi connectivity index (χ4n) is 3.78. The number of fused-ring (bicyclic) bond motifs is 2. The van der Waals surface area contributed by atoms with E-state index in [1.54, 1.807) is 6.07 Å². The highest BCUT2D eigenvalue weighted by atomic mass is 32.2. The maximum absolute atomic E-state index is 12.4. The molecule has 2 aliphatic carbocycles. The third-order valence-electron chi connectivity index (χ3n) is 4.75. The molecule has 1 aromatic rings. The number of nitrogens with one attached hydrogen (secondary N) is 2. The summed E-state index contributed by atoms with van der Waals surface area (Å²) in [6.07, 6.45) is 5.17. The van der Waals surface area contributed by atoms with Gasteiger partial charge in [-0.2, -0.15) is 0 Å². The van der Waals surface area contributed by atoms with Gasteiger partial charge in [-0.25, -0.2) is 13.1 Å². The molecule has 3 unspecified atom stereocenters. The summed E-state index contributed by atoms with van der Waals surface area (Å²) < 4.78 is 27.7. The summed E-state index contributed by atoms with van der Waals surface area (Å²) in [6, 6.07) is 1.71. The first-order valence-corrected chi connectivity index (χ1v) is 9.67. The molecule has 1 heterocycles. The molecule has 0 spiro atoms. The van der Waals surface area contributed by atoms with E-state index < -0.39 is 10.0 Å². The number of sulfonamides is 1. The van der Waals surface area contributed by atoms with Crippen LogP contribution < -0.4 is 10.0 Å². The van der Waals surface area contributed by atoms with Crippen LogP contribution in [0.2, 0.25) is 0 Å². The first-order chi connectivity index (χ1) is 9.60. The Labute approximate surface area is 125 Å². The summed E-state index contributed by atoms with van der Waals surface area (Å²) >= 11 is 1.49. The molecule has 1 aromatic heterocycles. The highest BCUT2D eigenvalue weighted by Crippen LogP contribution is 2.48. The van der Waals surface area contributed by atoms with Crippen LogP contribution in [0.25, 0.3) is 0 Å². The lowest BCUT2D eigenvalue weighted by Crippen LogP contribution is -2.32. The molecule has 3 atom stereocenters. The summed E-state index contributed by atoms with van der Waals surface area (Å²) in [5.41, 5.74) is 0. The van der Waals surface area contributed by atoms with Crippen LogP contribution in [-0.4, -0.2) is 22.0 Å². The van der Waals surface area contributed by atoms with Crippen LogP contribution in [-0.2, 0) is 16.6 Å². The zero-order valence-corrected chi connectivity index (χ0v) is 13.4. The predicted octanol–water partition coefficient (Wildman–Crippen LogP) is 2.18. The summed E-state index contributed by atoms with van der Waals surface area (Å²) in [5, 5.41) is 4.87. The molecule has 3 rings (SSSR count). The van der Waals surface area contributed by atoms with Gasteiger partial charge in [0.15, 0.2) is 0 Å². The van der Waals surface area contributed by atoms with Gasteiger partial charge < -0.3 is 5.32 Å². The second-order valence-corrected chi connectivity index (χ2v) is 8.76. The van der Waals surface area contributed by atoms with Crippen molar-refractivity contribution in [1.29, 1.82) is 0 Å². The van der Waals surface area contributed by atoms with Crippen molar-refractivity contribution in [2.75, 3.05) is 13.6 Å². The van der Waals surface area contributed by atoms with Crippen LogP contribution in [0.15, 0.2) is 16.3 Å². The smallest absolute Gasteiger partial charge is 0.241 e. The topological polar surface area (TPSA) is 58.2 Å². The van der Waals surface area contributed by atoms with Crippen molar-refractivity contribution in [1.82, 2.24) is 10.0 Å². The van der Waals surface area contributed by atoms with E-state index in [0.29, 0.717) is 23.9 Å². The van der Waals surface area contributed by atoms with Gasteiger partial charge in [0, 0.05) is 18.0 Å². The zero-order valence-electron chi connectivity index (χ0n) is 11.8. The molecule has 2 aliphatic rings. The van der Waals surface area contributed by atoms with Gasteiger partial charge >= 0.3 is 0 Å². The van der Waals surface area contributed by atoms with Crippen LogP contribution in [0.4, 0.5) is 0 Å². The summed E-state index contributed by atoms with van der Waals surface area (Å²) in [4.78, 5) is 1.33. The fourth-order valence-corrected chi connectivity index (χ4v) is 6.33. The minimum Gasteiger partial charge on any atom is -0.315 e. The van der Waals surface area contributed by atoms with Gasteiger partial charge in [0.2, 0.25) is 10.0 Å². The van der Waals surface area contributed by atoms with Crippen molar-refractivity contribution in [3.8, 4) is 0 Å². The Bertz CT molecular complexity index is 567. The molecular formula is C14H22N2O2S2. The van der Waals surface area contributed by atoms with Crippen LogP contribution in [0.1, 0.15) is 30.6 Å². The van der Waals surface area contributed by atoms with E-state index in [-0.39, 0.29) is 0 Å². The number of thiophene rings is 1. The van der Waals surface area contributed by atoms with E-state index in [0.717, 1.165) is 16.7 Å². The average molecular weight is 314 g/mol. The number of rotatable bonds is 6. The quantitative estimate of drug-likeness (QED) is 0.846. The van der Waals surface area contributed by atoms with E-state index in [9.17, 15) is 8.42 Å². The van der Waals surface area contributed by atoms with Crippen molar-refractivity contribution in [3.63, 3.8) is 0 Å². The lowest BCUT2D eigenvalue weighted by Gasteiger charge is -2.21. The number of hydrogen-bond donors (Lipinski definition) is 2. The van der Waals surface area contributed by atoms with E-state index in [1.807, 2.05) is 12.4 Å². The lowest BCUT2D eigenvalue weighted by atomic mass is 9.89. The van der Waals surface area contributed by atoms with Gasteiger partial charge in [-0.15, -0.1) is 11.3 Å². The van der Waals surface area contributed by atoms with Crippen molar-refractivity contribution >= 4 is 21.4 Å². The molecule has 0 radical (unpaired) electrons. The SMILES string of the molecule is CNCc1sccc1S(=O)(=O)NCC1CC2CCC1C2. The van der Waals surface area contributed by atoms with E-state index in [4.69, 9.17) is 0 Å². The standard InChI is InChI=1S/C14H22N2O2S2/c1-15-9-13-14(4-5-19-13)20(17,18)16-8-12-7-10-2-3-11(12)6-10/h4-5,10-12,15-16H,2-3,6-9H2,1H3. The van der Waals surface area contributed by atoms with E-state index >= 15 is 0 Å². The minimum absolute atomic E-state index is 0.444. The molecular weight excluding hydrogens is 292 g/mol. The van der Waals surface area contributed by atoms with E-state index in [2.05, 4.69) is 10.0 Å². The maximum atomic E-state index is 12.4. The molecule has 112 valence electrons. The van der Waals surface area contributed by atoms with Crippen LogP contribution in [0, 0.1) is 17.8 Å². The second-order valence-electron chi connectivity index (χ2n) is 6.03. The number of hydrogen-bond acceptors (Lipinski definition) is 4. The van der Waals surface area contributed by atoms with E-state index in [1.165, 1.54) is 37.0 Å². The molecule has 4 nitrogen and oxygen atoms in total. The van der Waals surface area contributed by atoms with Crippen molar-refractivity contribution in [3.05, 3.63) is 16.3 Å². The molecule has 0 amide bonds. The second kappa shape index (κ2) is 5.75. The first kappa shape index (κ1) is 14.5. The Balaban J connectivity index is 1.65. The lowest BCUT2D eigenvalue weighted by molar-refractivity contribution is 0.333. The van der Waals surface area contributed by atoms with Crippen molar-refractivity contribution in [2.24, 2.45) is 17.8 Å². The first-order valence-electron chi connectivity index (χ1n) is 7.31. The Morgan fingerprint density at radius 3 is 2.85 bits per heavy atom. The summed E-state index contributed by atoms with van der Waals surface area (Å²) in [7, 11) is -1.52. The van der Waals surface area contributed by atoms with Crippen molar-refractivity contribution < 1.29 is 8.42 Å². The maximum Gasteiger partial charge on any atom is 0.241 e. The van der Waals surface area contributed by atoms with Crippen LogP contribution in [0.5, 0.6) is 0 Å². The summed E-state index contributed by atoms with van der Waals surface area (Å²) in [5.74, 6) is 2.16. The van der Waals surface area contributed by atoms with Gasteiger partial charge in [-0.3, -0.25) is 0 Å². The highest BCUT2D eigenvalue weighted by molar-refractivity contribution is 7.89. The Hall–Kier alpha value is -0.430. The highest BCUT2D eigenvalue weighted by Gasteiger charge is 2.39. The average Bonchev–Trinajstić information content (AvgIpc) is 3.12. The van der Waals surface area contributed by atoms with Gasteiger partial charge in [-0.05, 0) is 55.5 Å². The molecule has 2 saturated carbocycles. The molecule has 2 fully saturated rings. The predicted molar refractivity (Wildman–Crippen MR) is 81.2 cm³/mol. The molecule has 2 N–H and O–H groups in total. The molecule has 6 heteroatoms. The molecule has 2 bridgehead atoms. The monoisotopic (exact) mass is 314 g/mol. The fraction of sp³-hybridized carbons (Fsp3) is 0.714.